The highest BCUT2D eigenvalue weighted by atomic mass is 32.2. The van der Waals surface area contributed by atoms with Crippen LogP contribution in [-0.4, -0.2) is 45.4 Å². The average Bonchev–Trinajstić information content (AvgIpc) is 2.44. The maximum Gasteiger partial charge on any atom is 0.279 e. The summed E-state index contributed by atoms with van der Waals surface area (Å²) < 4.78 is 28.3. The van der Waals surface area contributed by atoms with E-state index in [1.54, 1.807) is 7.05 Å². The maximum absolute atomic E-state index is 12.1. The van der Waals surface area contributed by atoms with E-state index >= 15 is 0 Å². The summed E-state index contributed by atoms with van der Waals surface area (Å²) >= 11 is 0. The molecule has 0 saturated heterocycles. The predicted molar refractivity (Wildman–Crippen MR) is 88.5 cm³/mol. The molecule has 0 aromatic rings. The molecule has 0 bridgehead atoms. The van der Waals surface area contributed by atoms with Gasteiger partial charge in [-0.15, -0.1) is 0 Å². The van der Waals surface area contributed by atoms with Crippen LogP contribution in [-0.2, 0) is 10.2 Å². The average molecular weight is 320 g/mol. The lowest BCUT2D eigenvalue weighted by Gasteiger charge is -2.22. The molecule has 1 saturated carbocycles. The van der Waals surface area contributed by atoms with Crippen molar-refractivity contribution in [2.75, 3.05) is 26.7 Å². The first-order valence-electron chi connectivity index (χ1n) is 8.36. The van der Waals surface area contributed by atoms with E-state index in [0.717, 1.165) is 19.4 Å². The molecule has 0 aromatic carbocycles. The summed E-state index contributed by atoms with van der Waals surface area (Å²) in [6, 6.07) is 0.445. The minimum Gasteiger partial charge on any atom is -0.314 e. The first kappa shape index (κ1) is 18.9. The second-order valence-electron chi connectivity index (χ2n) is 6.48. The van der Waals surface area contributed by atoms with Gasteiger partial charge in [-0.1, -0.05) is 46.0 Å². The van der Waals surface area contributed by atoms with Crippen LogP contribution in [0.3, 0.4) is 0 Å². The highest BCUT2D eigenvalue weighted by Crippen LogP contribution is 2.25. The van der Waals surface area contributed by atoms with Gasteiger partial charge in [0.25, 0.3) is 10.2 Å². The van der Waals surface area contributed by atoms with Crippen LogP contribution >= 0.6 is 0 Å². The van der Waals surface area contributed by atoms with Crippen LogP contribution in [0.25, 0.3) is 0 Å². The van der Waals surface area contributed by atoms with E-state index in [-0.39, 0.29) is 0 Å². The largest absolute Gasteiger partial charge is 0.314 e. The van der Waals surface area contributed by atoms with E-state index in [9.17, 15) is 8.42 Å². The molecule has 6 heteroatoms. The van der Waals surface area contributed by atoms with Crippen LogP contribution in [0.15, 0.2) is 0 Å². The van der Waals surface area contributed by atoms with Gasteiger partial charge >= 0.3 is 0 Å². The number of nitrogens with zero attached hydrogens (tertiary/aromatic N) is 1. The molecule has 0 heterocycles. The van der Waals surface area contributed by atoms with E-state index in [4.69, 9.17) is 0 Å². The Hall–Kier alpha value is -0.170. The Morgan fingerprint density at radius 2 is 1.81 bits per heavy atom. The lowest BCUT2D eigenvalue weighted by molar-refractivity contribution is 0.338. The second kappa shape index (κ2) is 9.77. The summed E-state index contributed by atoms with van der Waals surface area (Å²) in [6.45, 7) is 6.15. The van der Waals surface area contributed by atoms with Crippen LogP contribution in [0.2, 0.25) is 0 Å². The summed E-state index contributed by atoms with van der Waals surface area (Å²) in [6.07, 6.45) is 8.28. The third kappa shape index (κ3) is 8.14. The molecule has 0 radical (unpaired) electrons. The van der Waals surface area contributed by atoms with E-state index in [1.165, 1.54) is 36.4 Å². The summed E-state index contributed by atoms with van der Waals surface area (Å²) in [5.41, 5.74) is 0. The quantitative estimate of drug-likeness (QED) is 0.606. The number of hydrogen-bond acceptors (Lipinski definition) is 3. The zero-order valence-electron chi connectivity index (χ0n) is 13.9. The molecule has 1 aliphatic rings. The number of nitrogens with one attached hydrogen (secondary N) is 2. The second-order valence-corrected chi connectivity index (χ2v) is 8.34. The first-order valence-corrected chi connectivity index (χ1v) is 9.80. The van der Waals surface area contributed by atoms with E-state index in [1.807, 2.05) is 0 Å². The molecule has 0 unspecified atom stereocenters. The highest BCUT2D eigenvalue weighted by Gasteiger charge is 2.18. The molecule has 21 heavy (non-hydrogen) atoms. The van der Waals surface area contributed by atoms with E-state index in [0.29, 0.717) is 25.0 Å². The third-order valence-electron chi connectivity index (χ3n) is 4.17. The van der Waals surface area contributed by atoms with Crippen molar-refractivity contribution in [1.29, 1.82) is 0 Å². The number of rotatable bonds is 10. The van der Waals surface area contributed by atoms with Gasteiger partial charge in [0, 0.05) is 26.2 Å². The Morgan fingerprint density at radius 3 is 2.43 bits per heavy atom. The molecule has 1 rings (SSSR count). The molecule has 0 aromatic heterocycles. The molecule has 0 atom stereocenters. The fourth-order valence-corrected chi connectivity index (χ4v) is 3.76. The fraction of sp³-hybridized carbons (Fsp3) is 1.00. The van der Waals surface area contributed by atoms with Gasteiger partial charge in [-0.2, -0.15) is 12.7 Å². The van der Waals surface area contributed by atoms with Crippen LogP contribution in [0.5, 0.6) is 0 Å². The number of hydrogen-bond donors (Lipinski definition) is 2. The van der Waals surface area contributed by atoms with Crippen LogP contribution < -0.4 is 10.0 Å². The van der Waals surface area contributed by atoms with Gasteiger partial charge < -0.3 is 5.32 Å². The van der Waals surface area contributed by atoms with Gasteiger partial charge in [-0.3, -0.25) is 0 Å². The van der Waals surface area contributed by atoms with E-state index < -0.39 is 10.2 Å². The Labute approximate surface area is 131 Å². The summed E-state index contributed by atoms with van der Waals surface area (Å²) in [5.74, 6) is 0.710. The minimum atomic E-state index is -3.31. The smallest absolute Gasteiger partial charge is 0.279 e. The highest BCUT2D eigenvalue weighted by molar-refractivity contribution is 7.87. The summed E-state index contributed by atoms with van der Waals surface area (Å²) in [5, 5.41) is 3.30. The molecular weight excluding hydrogens is 286 g/mol. The molecule has 126 valence electrons. The fourth-order valence-electron chi connectivity index (χ4n) is 2.79. The van der Waals surface area contributed by atoms with Crippen LogP contribution in [0.4, 0.5) is 0 Å². The van der Waals surface area contributed by atoms with Crippen molar-refractivity contribution in [2.24, 2.45) is 5.92 Å². The molecule has 5 nitrogen and oxygen atoms in total. The Balaban J connectivity index is 2.18. The van der Waals surface area contributed by atoms with Crippen molar-refractivity contribution in [1.82, 2.24) is 14.3 Å². The Morgan fingerprint density at radius 1 is 1.14 bits per heavy atom. The molecule has 1 fully saturated rings. The lowest BCUT2D eigenvalue weighted by atomic mass is 9.87. The predicted octanol–water partition coefficient (Wildman–Crippen LogP) is 2.11. The van der Waals surface area contributed by atoms with Crippen molar-refractivity contribution in [3.8, 4) is 0 Å². The van der Waals surface area contributed by atoms with Crippen molar-refractivity contribution in [3.05, 3.63) is 0 Å². The Bertz CT molecular complexity index is 365. The van der Waals surface area contributed by atoms with Gasteiger partial charge in [0.2, 0.25) is 0 Å². The van der Waals surface area contributed by atoms with Gasteiger partial charge in [0.05, 0.1) is 0 Å². The SMILES string of the molecule is CC(C)NCCCN(C)S(=O)(=O)NCCC1CCCCC1. The van der Waals surface area contributed by atoms with Gasteiger partial charge in [-0.05, 0) is 25.3 Å². The lowest BCUT2D eigenvalue weighted by Crippen LogP contribution is -2.40. The van der Waals surface area contributed by atoms with Gasteiger partial charge in [0.1, 0.15) is 0 Å². The molecule has 0 aliphatic heterocycles. The standard InChI is InChI=1S/C15H33N3O2S/c1-14(2)16-11-7-13-18(3)21(19,20)17-12-10-15-8-5-4-6-9-15/h14-17H,4-13H2,1-3H3. The normalized spacial score (nSPS) is 17.8. The zero-order chi connectivity index (χ0) is 15.7. The zero-order valence-corrected chi connectivity index (χ0v) is 14.7. The van der Waals surface area contributed by atoms with Crippen molar-refractivity contribution in [2.45, 2.75) is 64.8 Å². The minimum absolute atomic E-state index is 0.445. The van der Waals surface area contributed by atoms with E-state index in [2.05, 4.69) is 23.9 Å². The topological polar surface area (TPSA) is 61.4 Å². The van der Waals surface area contributed by atoms with Crippen LogP contribution in [0, 0.1) is 5.92 Å². The molecular formula is C15H33N3O2S. The molecule has 0 amide bonds. The van der Waals surface area contributed by atoms with Crippen molar-refractivity contribution < 1.29 is 8.42 Å². The van der Waals surface area contributed by atoms with Crippen molar-refractivity contribution >= 4 is 10.2 Å². The third-order valence-corrected chi connectivity index (χ3v) is 5.75. The van der Waals surface area contributed by atoms with Gasteiger partial charge in [0.15, 0.2) is 0 Å². The van der Waals surface area contributed by atoms with Crippen LogP contribution in [0.1, 0.15) is 58.8 Å². The first-order chi connectivity index (χ1) is 9.92. The molecule has 0 spiro atoms. The van der Waals surface area contributed by atoms with Crippen molar-refractivity contribution in [3.63, 3.8) is 0 Å². The van der Waals surface area contributed by atoms with Gasteiger partial charge in [-0.25, -0.2) is 4.72 Å². The summed E-state index contributed by atoms with van der Waals surface area (Å²) in [7, 11) is -1.66. The summed E-state index contributed by atoms with van der Waals surface area (Å²) in [4.78, 5) is 0. The molecule has 2 N–H and O–H groups in total. The monoisotopic (exact) mass is 319 g/mol. The molecule has 1 aliphatic carbocycles. The maximum atomic E-state index is 12.1. The Kier molecular flexibility index (Phi) is 8.78.